The van der Waals surface area contributed by atoms with E-state index in [2.05, 4.69) is 52.8 Å². The molecule has 1 atom stereocenters. The van der Waals surface area contributed by atoms with Crippen molar-refractivity contribution < 1.29 is 9.84 Å². The van der Waals surface area contributed by atoms with Crippen LogP contribution in [0.15, 0.2) is 53.5 Å². The van der Waals surface area contributed by atoms with Gasteiger partial charge in [-0.25, -0.2) is 0 Å². The molecule has 0 radical (unpaired) electrons. The van der Waals surface area contributed by atoms with Crippen LogP contribution < -0.4 is 15.4 Å². The summed E-state index contributed by atoms with van der Waals surface area (Å²) < 4.78 is 5.20. The van der Waals surface area contributed by atoms with Gasteiger partial charge in [0.15, 0.2) is 17.5 Å². The molecular weight excluding hydrogens is 376 g/mol. The Labute approximate surface area is 180 Å². The van der Waals surface area contributed by atoms with Crippen LogP contribution in [0.2, 0.25) is 0 Å². The van der Waals surface area contributed by atoms with E-state index in [1.165, 1.54) is 18.4 Å². The van der Waals surface area contributed by atoms with Crippen molar-refractivity contribution in [2.45, 2.75) is 32.2 Å². The molecule has 6 nitrogen and oxygen atoms in total. The summed E-state index contributed by atoms with van der Waals surface area (Å²) >= 11 is 0. The molecule has 30 heavy (non-hydrogen) atoms. The first kappa shape index (κ1) is 22.0. The molecule has 1 heterocycles. The van der Waals surface area contributed by atoms with E-state index in [0.717, 1.165) is 31.2 Å². The molecule has 1 unspecified atom stereocenters. The fraction of sp³-hybridized carbons (Fsp3) is 0.458. The van der Waals surface area contributed by atoms with E-state index in [-0.39, 0.29) is 5.75 Å². The van der Waals surface area contributed by atoms with Gasteiger partial charge in [0.2, 0.25) is 0 Å². The van der Waals surface area contributed by atoms with E-state index < -0.39 is 0 Å². The zero-order valence-corrected chi connectivity index (χ0v) is 18.1. The van der Waals surface area contributed by atoms with Gasteiger partial charge in [0.1, 0.15) is 0 Å². The molecule has 3 rings (SSSR count). The number of likely N-dealkylation sites (tertiary alicyclic amines) is 1. The summed E-state index contributed by atoms with van der Waals surface area (Å²) in [7, 11) is 1.57. The first-order valence-electron chi connectivity index (χ1n) is 10.9. The van der Waals surface area contributed by atoms with Crippen LogP contribution in [-0.4, -0.2) is 55.8 Å². The molecule has 2 aromatic carbocycles. The van der Waals surface area contributed by atoms with E-state index in [1.54, 1.807) is 13.2 Å². The number of ether oxygens (including phenoxy) is 1. The van der Waals surface area contributed by atoms with Gasteiger partial charge in [-0.3, -0.25) is 9.89 Å². The zero-order valence-electron chi connectivity index (χ0n) is 18.1. The number of para-hydroxylation sites is 1. The third kappa shape index (κ3) is 5.89. The van der Waals surface area contributed by atoms with Crippen LogP contribution in [0.4, 0.5) is 0 Å². The molecule has 0 spiro atoms. The maximum Gasteiger partial charge on any atom is 0.191 e. The number of benzene rings is 2. The number of phenols is 1. The van der Waals surface area contributed by atoms with Crippen LogP contribution in [0.1, 0.15) is 36.9 Å². The summed E-state index contributed by atoms with van der Waals surface area (Å²) in [6.45, 7) is 6.52. The number of methoxy groups -OCH3 is 1. The number of nitrogens with zero attached hydrogens (tertiary/aromatic N) is 2. The minimum Gasteiger partial charge on any atom is -0.504 e. The number of hydrogen-bond acceptors (Lipinski definition) is 4. The second-order valence-corrected chi connectivity index (χ2v) is 7.53. The summed E-state index contributed by atoms with van der Waals surface area (Å²) in [4.78, 5) is 7.43. The molecule has 0 saturated carbocycles. The molecule has 6 heteroatoms. The van der Waals surface area contributed by atoms with Crippen LogP contribution in [-0.2, 0) is 6.42 Å². The fourth-order valence-electron chi connectivity index (χ4n) is 3.93. The van der Waals surface area contributed by atoms with Gasteiger partial charge in [-0.2, -0.15) is 0 Å². The molecule has 0 amide bonds. The lowest BCUT2D eigenvalue weighted by Crippen LogP contribution is -2.39. The first-order chi connectivity index (χ1) is 14.7. The van der Waals surface area contributed by atoms with Crippen LogP contribution in [0.5, 0.6) is 11.5 Å². The van der Waals surface area contributed by atoms with E-state index in [1.807, 2.05) is 12.1 Å². The van der Waals surface area contributed by atoms with Gasteiger partial charge in [-0.15, -0.1) is 0 Å². The average molecular weight is 411 g/mol. The largest absolute Gasteiger partial charge is 0.504 e. The summed E-state index contributed by atoms with van der Waals surface area (Å²) in [5, 5.41) is 17.0. The molecule has 162 valence electrons. The Balaban J connectivity index is 1.64. The Bertz CT molecular complexity index is 804. The van der Waals surface area contributed by atoms with Gasteiger partial charge in [-0.1, -0.05) is 42.5 Å². The SMILES string of the molecule is CCNC(=NCC(c1ccccc1)N1CCCC1)NCCc1cccc(OC)c1O. The smallest absolute Gasteiger partial charge is 0.191 e. The third-order valence-electron chi connectivity index (χ3n) is 5.52. The molecule has 2 aromatic rings. The van der Waals surface area contributed by atoms with Crippen molar-refractivity contribution in [1.82, 2.24) is 15.5 Å². The normalized spacial score (nSPS) is 15.7. The van der Waals surface area contributed by atoms with Crippen LogP contribution >= 0.6 is 0 Å². The van der Waals surface area contributed by atoms with Crippen molar-refractivity contribution in [2.75, 3.05) is 39.8 Å². The lowest BCUT2D eigenvalue weighted by atomic mass is 10.1. The Morgan fingerprint density at radius 1 is 1.10 bits per heavy atom. The van der Waals surface area contributed by atoms with Crippen molar-refractivity contribution in [2.24, 2.45) is 4.99 Å². The highest BCUT2D eigenvalue weighted by atomic mass is 16.5. The van der Waals surface area contributed by atoms with Gasteiger partial charge < -0.3 is 20.5 Å². The fourth-order valence-corrected chi connectivity index (χ4v) is 3.93. The summed E-state index contributed by atoms with van der Waals surface area (Å²) in [5.74, 6) is 1.52. The highest BCUT2D eigenvalue weighted by Crippen LogP contribution is 2.29. The molecular formula is C24H34N4O2. The average Bonchev–Trinajstić information content (AvgIpc) is 3.30. The number of hydrogen-bond donors (Lipinski definition) is 3. The minimum absolute atomic E-state index is 0.210. The zero-order chi connectivity index (χ0) is 21.2. The second kappa shape index (κ2) is 11.5. The Morgan fingerprint density at radius 3 is 2.57 bits per heavy atom. The van der Waals surface area contributed by atoms with Crippen LogP contribution in [0.3, 0.4) is 0 Å². The number of rotatable bonds is 9. The molecule has 1 aliphatic rings. The van der Waals surface area contributed by atoms with Gasteiger partial charge in [0.05, 0.1) is 19.7 Å². The topological polar surface area (TPSA) is 69.1 Å². The molecule has 1 aliphatic heterocycles. The number of phenolic OH excluding ortho intramolecular Hbond substituents is 1. The molecule has 1 saturated heterocycles. The van der Waals surface area contributed by atoms with E-state index in [9.17, 15) is 5.11 Å². The molecule has 0 bridgehead atoms. The minimum atomic E-state index is 0.210. The number of nitrogens with one attached hydrogen (secondary N) is 2. The lowest BCUT2D eigenvalue weighted by molar-refractivity contribution is 0.251. The highest BCUT2D eigenvalue weighted by molar-refractivity contribution is 5.79. The van der Waals surface area contributed by atoms with Gasteiger partial charge in [-0.05, 0) is 56.5 Å². The third-order valence-corrected chi connectivity index (χ3v) is 5.52. The summed E-state index contributed by atoms with van der Waals surface area (Å²) in [6.07, 6.45) is 3.20. The van der Waals surface area contributed by atoms with Crippen molar-refractivity contribution >= 4 is 5.96 Å². The first-order valence-corrected chi connectivity index (χ1v) is 10.9. The Kier molecular flexibility index (Phi) is 8.39. The molecule has 3 N–H and O–H groups in total. The van der Waals surface area contributed by atoms with Crippen molar-refractivity contribution in [1.29, 1.82) is 0 Å². The Morgan fingerprint density at radius 2 is 1.87 bits per heavy atom. The van der Waals surface area contributed by atoms with Gasteiger partial charge >= 0.3 is 0 Å². The molecule has 0 aliphatic carbocycles. The number of guanidine groups is 1. The molecule has 0 aromatic heterocycles. The van der Waals surface area contributed by atoms with Crippen LogP contribution in [0.25, 0.3) is 0 Å². The van der Waals surface area contributed by atoms with Gasteiger partial charge in [0.25, 0.3) is 0 Å². The maximum atomic E-state index is 10.3. The van der Waals surface area contributed by atoms with Crippen molar-refractivity contribution in [3.05, 3.63) is 59.7 Å². The lowest BCUT2D eigenvalue weighted by Gasteiger charge is -2.27. The van der Waals surface area contributed by atoms with E-state index in [4.69, 9.17) is 9.73 Å². The quantitative estimate of drug-likeness (QED) is 0.437. The molecule has 1 fully saturated rings. The summed E-state index contributed by atoms with van der Waals surface area (Å²) in [6, 6.07) is 16.5. The second-order valence-electron chi connectivity index (χ2n) is 7.53. The van der Waals surface area contributed by atoms with E-state index >= 15 is 0 Å². The highest BCUT2D eigenvalue weighted by Gasteiger charge is 2.23. The Hall–Kier alpha value is -2.73. The van der Waals surface area contributed by atoms with Crippen LogP contribution in [0, 0.1) is 0 Å². The predicted octanol–water partition coefficient (Wildman–Crippen LogP) is 3.34. The summed E-state index contributed by atoms with van der Waals surface area (Å²) in [5.41, 5.74) is 2.18. The maximum absolute atomic E-state index is 10.3. The van der Waals surface area contributed by atoms with Gasteiger partial charge in [0, 0.05) is 13.1 Å². The standard InChI is InChI=1S/C24H34N4O2/c1-3-25-24(26-15-14-20-12-9-13-22(30-2)23(20)29)27-18-21(28-16-7-8-17-28)19-10-5-4-6-11-19/h4-6,9-13,21,29H,3,7-8,14-18H2,1-2H3,(H2,25,26,27). The predicted molar refractivity (Wildman–Crippen MR) is 122 cm³/mol. The number of aliphatic imine (C=N–C) groups is 1. The van der Waals surface area contributed by atoms with Crippen molar-refractivity contribution in [3.8, 4) is 11.5 Å². The monoisotopic (exact) mass is 410 g/mol. The number of aromatic hydroxyl groups is 1. The van der Waals surface area contributed by atoms with Crippen molar-refractivity contribution in [3.63, 3.8) is 0 Å². The van der Waals surface area contributed by atoms with E-state index in [0.29, 0.717) is 31.3 Å².